The molecule has 0 unspecified atom stereocenters. The van der Waals surface area contributed by atoms with Gasteiger partial charge in [-0.3, -0.25) is 9.59 Å². The minimum atomic E-state index is -0.103. The lowest BCUT2D eigenvalue weighted by molar-refractivity contribution is 0.111. The molecule has 2 aliphatic rings. The number of carbonyl (C=O) groups is 2. The van der Waals surface area contributed by atoms with Gasteiger partial charge < -0.3 is 0 Å². The number of aldehydes is 2. The van der Waals surface area contributed by atoms with Crippen LogP contribution in [0.3, 0.4) is 0 Å². The molecule has 2 aliphatic heterocycles. The summed E-state index contributed by atoms with van der Waals surface area (Å²) in [6.07, 6.45) is 1.73. The monoisotopic (exact) mass is 746 g/mol. The van der Waals surface area contributed by atoms with E-state index in [9.17, 15) is 20.1 Å². The van der Waals surface area contributed by atoms with E-state index in [1.165, 1.54) is 33.0 Å². The molecule has 2 radical (unpaired) electrons. The Morgan fingerprint density at radius 1 is 0.407 bits per heavy atom. The summed E-state index contributed by atoms with van der Waals surface area (Å²) in [6, 6.07) is 60.0. The van der Waals surface area contributed by atoms with Crippen molar-refractivity contribution in [2.45, 2.75) is 0 Å². The molecule has 0 aromatic heterocycles. The van der Waals surface area contributed by atoms with E-state index in [4.69, 9.17) is 0 Å². The van der Waals surface area contributed by atoms with Crippen LogP contribution in [0.25, 0.3) is 55.6 Å². The van der Waals surface area contributed by atoms with Crippen molar-refractivity contribution in [3.63, 3.8) is 0 Å². The number of benzene rings is 8. The van der Waals surface area contributed by atoms with Gasteiger partial charge in [0.1, 0.15) is 12.6 Å². The molecule has 0 bridgehead atoms. The molecule has 0 saturated heterocycles. The van der Waals surface area contributed by atoms with Crippen molar-refractivity contribution in [1.82, 2.24) is 0 Å². The average molecular weight is 746 g/mol. The third kappa shape index (κ3) is 6.31. The molecule has 0 N–H and O–H groups in total. The van der Waals surface area contributed by atoms with Crippen molar-refractivity contribution >= 4 is 72.1 Å². The molecule has 0 atom stereocenters. The summed E-state index contributed by atoms with van der Waals surface area (Å²) >= 11 is 0. The zero-order valence-corrected chi connectivity index (χ0v) is 31.7. The Morgan fingerprint density at radius 3 is 1.58 bits per heavy atom. The van der Waals surface area contributed by atoms with Crippen LogP contribution in [0.15, 0.2) is 164 Å². The number of carbonyl (C=O) groups excluding carboxylic acids is 2. The second-order valence-electron chi connectivity index (χ2n) is 15.1. The lowest BCUT2D eigenvalue weighted by atomic mass is 9.26. The van der Waals surface area contributed by atoms with Gasteiger partial charge in [-0.15, -0.1) is 0 Å². The van der Waals surface area contributed by atoms with Crippen molar-refractivity contribution < 1.29 is 9.59 Å². The highest BCUT2D eigenvalue weighted by atomic mass is 16.1. The topological polar surface area (TPSA) is 81.7 Å². The van der Waals surface area contributed by atoms with E-state index in [2.05, 4.69) is 124 Å². The lowest BCUT2D eigenvalue weighted by Gasteiger charge is -2.30. The zero-order valence-electron chi connectivity index (χ0n) is 31.7. The number of fused-ring (bicyclic) bond motifs is 5. The molecule has 0 fully saturated rings. The average Bonchev–Trinajstić information content (AvgIpc) is 3.69. The SMILES string of the molecule is N#Cc1cc(C#N)cc(-c2ccc3c(c2)[B]c2c(cccc2-c2cccc(-c4ccc(C=O)cc4)c2)B3c2cccc3c2[B]c2ccc(-c4ccc(C=O)cc4)cc2-3)c1. The zero-order chi connectivity index (χ0) is 40.0. The van der Waals surface area contributed by atoms with Crippen LogP contribution in [0.4, 0.5) is 0 Å². The number of nitriles is 2. The number of rotatable bonds is 7. The van der Waals surface area contributed by atoms with Crippen LogP contribution in [-0.2, 0) is 0 Å². The molecule has 0 aliphatic carbocycles. The van der Waals surface area contributed by atoms with Gasteiger partial charge in [0.05, 0.1) is 23.3 Å². The first-order valence-electron chi connectivity index (χ1n) is 19.4. The fourth-order valence-corrected chi connectivity index (χ4v) is 8.83. The summed E-state index contributed by atoms with van der Waals surface area (Å²) in [5.74, 6) is 0. The maximum atomic E-state index is 11.4. The van der Waals surface area contributed by atoms with Crippen LogP contribution in [0, 0.1) is 22.7 Å². The molecule has 0 spiro atoms. The largest absolute Gasteiger partial charge is 0.298 e. The predicted octanol–water partition coefficient (Wildman–Crippen LogP) is 5.84. The minimum Gasteiger partial charge on any atom is -0.298 e. The molecule has 0 saturated carbocycles. The van der Waals surface area contributed by atoms with Crippen LogP contribution >= 0.6 is 0 Å². The molecule has 8 aromatic carbocycles. The fraction of sp³-hybridized carbons (Fsp3) is 0. The number of hydrogen-bond donors (Lipinski definition) is 0. The molecule has 268 valence electrons. The van der Waals surface area contributed by atoms with E-state index in [-0.39, 0.29) is 6.71 Å². The van der Waals surface area contributed by atoms with Gasteiger partial charge in [-0.05, 0) is 86.0 Å². The Kier molecular flexibility index (Phi) is 8.86. The van der Waals surface area contributed by atoms with Crippen LogP contribution < -0.4 is 38.2 Å². The van der Waals surface area contributed by atoms with Gasteiger partial charge in [0.15, 0.2) is 14.6 Å². The third-order valence-corrected chi connectivity index (χ3v) is 11.7. The molecule has 4 nitrogen and oxygen atoms in total. The summed E-state index contributed by atoms with van der Waals surface area (Å²) in [6.45, 7) is -0.103. The summed E-state index contributed by atoms with van der Waals surface area (Å²) in [4.78, 5) is 22.7. The standard InChI is InChI=1S/C52H29B3N2O2/c56-28-34-22-35(29-57)24-42(23-34)40-19-21-48-47(27-40)54-51-43(41-5-1-4-38(25-41)36-14-10-32(30-58)11-15-36)6-2-8-49(51)55(48)50-9-3-7-44-45-26-39(18-20-46(45)53-52(44)50)37-16-12-33(31-59)13-17-37/h1-27,30-31H. The molecular weight excluding hydrogens is 717 g/mol. The highest BCUT2D eigenvalue weighted by molar-refractivity contribution is 7.06. The van der Waals surface area contributed by atoms with E-state index in [1.54, 1.807) is 6.07 Å². The van der Waals surface area contributed by atoms with E-state index in [0.29, 0.717) is 22.3 Å². The first-order chi connectivity index (χ1) is 29.0. The van der Waals surface area contributed by atoms with Crippen LogP contribution in [0.2, 0.25) is 0 Å². The van der Waals surface area contributed by atoms with Crippen LogP contribution in [0.5, 0.6) is 0 Å². The van der Waals surface area contributed by atoms with Gasteiger partial charge in [0.2, 0.25) is 6.71 Å². The minimum absolute atomic E-state index is 0.103. The Labute approximate surface area is 344 Å². The fourth-order valence-electron chi connectivity index (χ4n) is 8.83. The number of hydrogen-bond acceptors (Lipinski definition) is 4. The van der Waals surface area contributed by atoms with Crippen molar-refractivity contribution in [1.29, 1.82) is 10.5 Å². The highest BCUT2D eigenvalue weighted by Crippen LogP contribution is 2.29. The molecule has 7 heteroatoms. The molecular formula is C52H29B3N2O2. The Morgan fingerprint density at radius 2 is 0.932 bits per heavy atom. The second kappa shape index (κ2) is 14.7. The molecule has 2 heterocycles. The quantitative estimate of drug-likeness (QED) is 0.152. The van der Waals surface area contributed by atoms with Crippen LogP contribution in [-0.4, -0.2) is 33.8 Å². The summed E-state index contributed by atoms with van der Waals surface area (Å²) in [5.41, 5.74) is 20.9. The smallest absolute Gasteiger partial charge is 0.239 e. The van der Waals surface area contributed by atoms with E-state index < -0.39 is 0 Å². The summed E-state index contributed by atoms with van der Waals surface area (Å²) in [5, 5.41) is 19.6. The predicted molar refractivity (Wildman–Crippen MR) is 241 cm³/mol. The maximum absolute atomic E-state index is 11.4. The molecule has 59 heavy (non-hydrogen) atoms. The first-order valence-corrected chi connectivity index (χ1v) is 19.4. The Hall–Kier alpha value is -7.73. The van der Waals surface area contributed by atoms with Crippen molar-refractivity contribution in [3.8, 4) is 67.8 Å². The van der Waals surface area contributed by atoms with Gasteiger partial charge in [-0.1, -0.05) is 172 Å². The molecule has 0 amide bonds. The Balaban J connectivity index is 1.13. The summed E-state index contributed by atoms with van der Waals surface area (Å²) < 4.78 is 0. The van der Waals surface area contributed by atoms with Gasteiger partial charge in [-0.25, -0.2) is 0 Å². The molecule has 10 rings (SSSR count). The summed E-state index contributed by atoms with van der Waals surface area (Å²) in [7, 11) is 4.60. The maximum Gasteiger partial charge on any atom is 0.239 e. The van der Waals surface area contributed by atoms with E-state index in [0.717, 1.165) is 73.5 Å². The second-order valence-corrected chi connectivity index (χ2v) is 15.1. The van der Waals surface area contributed by atoms with E-state index >= 15 is 0 Å². The first kappa shape index (κ1) is 35.7. The molecule has 8 aromatic rings. The third-order valence-electron chi connectivity index (χ3n) is 11.7. The van der Waals surface area contributed by atoms with Gasteiger partial charge in [0, 0.05) is 11.1 Å². The highest BCUT2D eigenvalue weighted by Gasteiger charge is 2.36. The Bertz CT molecular complexity index is 3090. The van der Waals surface area contributed by atoms with Crippen molar-refractivity contribution in [2.24, 2.45) is 0 Å². The van der Waals surface area contributed by atoms with Crippen molar-refractivity contribution in [3.05, 3.63) is 186 Å². The number of nitrogens with zero attached hydrogens (tertiary/aromatic N) is 2. The van der Waals surface area contributed by atoms with Crippen molar-refractivity contribution in [2.75, 3.05) is 0 Å². The van der Waals surface area contributed by atoms with Crippen LogP contribution in [0.1, 0.15) is 31.8 Å². The van der Waals surface area contributed by atoms with Gasteiger partial charge in [-0.2, -0.15) is 10.5 Å². The normalized spacial score (nSPS) is 11.7. The lowest BCUT2D eigenvalue weighted by Crippen LogP contribution is -2.70. The van der Waals surface area contributed by atoms with Gasteiger partial charge in [0.25, 0.3) is 0 Å². The van der Waals surface area contributed by atoms with E-state index in [1.807, 2.05) is 60.7 Å². The van der Waals surface area contributed by atoms with Gasteiger partial charge >= 0.3 is 0 Å².